The maximum absolute atomic E-state index is 14.3. The Labute approximate surface area is 391 Å². The summed E-state index contributed by atoms with van der Waals surface area (Å²) in [5, 5.41) is 16.8. The van der Waals surface area contributed by atoms with E-state index >= 15 is 0 Å². The van der Waals surface area contributed by atoms with E-state index in [2.05, 4.69) is 67.1 Å². The van der Waals surface area contributed by atoms with Crippen LogP contribution < -0.4 is 20.9 Å². The van der Waals surface area contributed by atoms with Crippen molar-refractivity contribution in [3.63, 3.8) is 0 Å². The standard InChI is InChI=1S/C48H54F2N12O6/c1-57(23-29-8-6-28(7-9-29)21-51-36-5-3-4-34-41(36)48(67)62(47(34)66)38-14-15-40(63)55-46(38)65)18-19-58(2)24-30-10-12-31(13-11-30)61-26-37(42(56-61)43(49)50)53-45(64)35-22-52-60-17-16-39(54-44(35)60)59-25-33-20-32(59)27-68-33/h3-9,16-17,22,26,30-33,38,43,51H,10-15,18-21,23-25,27H2,1-2H3,(H,53,64)(H,55,63,65)/t30?,31?,32-,33-,38?/m1/s1. The number of carbonyl (C=O) groups excluding carboxylic acids is 5. The predicted molar refractivity (Wildman–Crippen MR) is 245 cm³/mol. The zero-order valence-electron chi connectivity index (χ0n) is 37.9. The van der Waals surface area contributed by atoms with Gasteiger partial charge in [-0.1, -0.05) is 30.3 Å². The zero-order chi connectivity index (χ0) is 47.2. The van der Waals surface area contributed by atoms with Gasteiger partial charge in [0.25, 0.3) is 24.1 Å². The van der Waals surface area contributed by atoms with Gasteiger partial charge in [-0.3, -0.25) is 38.9 Å². The van der Waals surface area contributed by atoms with Gasteiger partial charge in [0, 0.05) is 63.8 Å². The van der Waals surface area contributed by atoms with Crippen molar-refractivity contribution in [2.45, 2.75) is 88.7 Å². The number of alkyl halides is 2. The summed E-state index contributed by atoms with van der Waals surface area (Å²) in [6.07, 6.45) is 6.54. The van der Waals surface area contributed by atoms with E-state index in [1.807, 2.05) is 18.2 Å². The molecule has 3 aromatic heterocycles. The van der Waals surface area contributed by atoms with E-state index in [0.29, 0.717) is 30.4 Å². The van der Waals surface area contributed by atoms with Crippen LogP contribution in [0.15, 0.2) is 67.1 Å². The molecule has 18 nitrogen and oxygen atoms in total. The van der Waals surface area contributed by atoms with Gasteiger partial charge in [0.2, 0.25) is 11.8 Å². The van der Waals surface area contributed by atoms with E-state index in [4.69, 9.17) is 9.72 Å². The van der Waals surface area contributed by atoms with Crippen LogP contribution >= 0.6 is 0 Å². The lowest BCUT2D eigenvalue weighted by atomic mass is 9.86. The average molecular weight is 933 g/mol. The zero-order valence-corrected chi connectivity index (χ0v) is 37.9. The molecule has 0 spiro atoms. The first-order chi connectivity index (χ1) is 32.9. The lowest BCUT2D eigenvalue weighted by molar-refractivity contribution is -0.136. The Morgan fingerprint density at radius 3 is 2.44 bits per heavy atom. The minimum Gasteiger partial charge on any atom is -0.380 e. The first kappa shape index (κ1) is 45.2. The van der Waals surface area contributed by atoms with Gasteiger partial charge in [0.1, 0.15) is 17.4 Å². The first-order valence-electron chi connectivity index (χ1n) is 23.3. The van der Waals surface area contributed by atoms with Gasteiger partial charge >= 0.3 is 0 Å². The normalized spacial score (nSPS) is 22.6. The third kappa shape index (κ3) is 9.06. The van der Waals surface area contributed by atoms with Crippen LogP contribution in [0.4, 0.5) is 26.0 Å². The number of imide groups is 2. The van der Waals surface area contributed by atoms with Gasteiger partial charge in [-0.15, -0.1) is 0 Å². The number of morpholine rings is 1. The van der Waals surface area contributed by atoms with Crippen LogP contribution in [0.5, 0.6) is 0 Å². The Balaban J connectivity index is 0.670. The molecule has 2 aromatic carbocycles. The van der Waals surface area contributed by atoms with Crippen LogP contribution in [-0.2, 0) is 27.4 Å². The molecule has 2 bridgehead atoms. The van der Waals surface area contributed by atoms with Crippen molar-refractivity contribution in [3.05, 3.63) is 101 Å². The van der Waals surface area contributed by atoms with Crippen LogP contribution in [0.25, 0.3) is 5.65 Å². The SMILES string of the molecule is CN(CCN(C)CC1CCC(n2cc(NC(=O)c3cnn4ccc(N5C[C@H]6C[C@@H]5CO6)nc34)c(C(F)F)n2)CC1)Cc1ccc(CNc2cccc3c2C(=O)N(C2CCC(=O)NC2=O)C3=O)cc1. The number of nitrogens with zero attached hydrogens (tertiary/aromatic N) is 9. The molecule has 3 atom stereocenters. The van der Waals surface area contributed by atoms with E-state index in [-0.39, 0.29) is 53.4 Å². The van der Waals surface area contributed by atoms with Crippen LogP contribution in [0, 0.1) is 5.92 Å². The van der Waals surface area contributed by atoms with E-state index in [9.17, 15) is 32.8 Å². The Morgan fingerprint density at radius 1 is 0.926 bits per heavy atom. The summed E-state index contributed by atoms with van der Waals surface area (Å²) in [7, 11) is 4.22. The number of anilines is 3. The fourth-order valence-electron chi connectivity index (χ4n) is 10.4. The molecule has 0 radical (unpaired) electrons. The molecule has 1 aliphatic carbocycles. The van der Waals surface area contributed by atoms with Crippen molar-refractivity contribution in [1.29, 1.82) is 0 Å². The lowest BCUT2D eigenvalue weighted by Crippen LogP contribution is -2.54. The number of ether oxygens (including phenoxy) is 1. The quantitative estimate of drug-likeness (QED) is 0.113. The van der Waals surface area contributed by atoms with Gasteiger partial charge in [-0.05, 0) is 87.9 Å². The number of rotatable bonds is 16. The molecule has 68 heavy (non-hydrogen) atoms. The third-order valence-corrected chi connectivity index (χ3v) is 14.1. The lowest BCUT2D eigenvalue weighted by Gasteiger charge is -2.32. The molecule has 3 N–H and O–H groups in total. The number of likely N-dealkylation sites (N-methyl/N-ethyl adjacent to an activating group) is 2. The second kappa shape index (κ2) is 18.8. The molecule has 1 saturated carbocycles. The van der Waals surface area contributed by atoms with Crippen molar-refractivity contribution < 1.29 is 37.5 Å². The maximum atomic E-state index is 14.3. The highest BCUT2D eigenvalue weighted by molar-refractivity contribution is 6.25. The number of carbonyl (C=O) groups is 5. The van der Waals surface area contributed by atoms with E-state index in [1.165, 1.54) is 16.9 Å². The highest BCUT2D eigenvalue weighted by Crippen LogP contribution is 2.37. The number of halogens is 2. The predicted octanol–water partition coefficient (Wildman–Crippen LogP) is 4.90. The first-order valence-corrected chi connectivity index (χ1v) is 23.3. The summed E-state index contributed by atoms with van der Waals surface area (Å²) in [4.78, 5) is 76.9. The van der Waals surface area contributed by atoms with Crippen LogP contribution in [0.1, 0.15) is 105 Å². The summed E-state index contributed by atoms with van der Waals surface area (Å²) in [5.41, 5.74) is 3.16. The largest absolute Gasteiger partial charge is 0.380 e. The molecule has 3 saturated heterocycles. The number of hydrogen-bond donors (Lipinski definition) is 3. The molecule has 5 amide bonds. The molecule has 20 heteroatoms. The van der Waals surface area contributed by atoms with Gasteiger partial charge in [-0.25, -0.2) is 18.3 Å². The fraction of sp³-hybridized carbons (Fsp3) is 0.458. The van der Waals surface area contributed by atoms with E-state index < -0.39 is 47.7 Å². The number of nitrogens with one attached hydrogen (secondary N) is 3. The number of aromatic nitrogens is 5. The number of fused-ring (bicyclic) bond motifs is 4. The Hall–Kier alpha value is -6.64. The highest BCUT2D eigenvalue weighted by Gasteiger charge is 2.46. The summed E-state index contributed by atoms with van der Waals surface area (Å²) < 4.78 is 37.5. The van der Waals surface area contributed by atoms with Crippen molar-refractivity contribution in [2.75, 3.05) is 62.4 Å². The second-order valence-corrected chi connectivity index (χ2v) is 18.8. The summed E-state index contributed by atoms with van der Waals surface area (Å²) in [6, 6.07) is 14.3. The molecule has 1 unspecified atom stereocenters. The molecule has 7 heterocycles. The molecule has 10 rings (SSSR count). The fourth-order valence-corrected chi connectivity index (χ4v) is 10.4. The monoisotopic (exact) mass is 932 g/mol. The number of piperidine rings is 1. The maximum Gasteiger partial charge on any atom is 0.284 e. The van der Waals surface area contributed by atoms with Crippen LogP contribution in [0.3, 0.4) is 0 Å². The molecule has 356 valence electrons. The minimum absolute atomic E-state index is 0.0135. The highest BCUT2D eigenvalue weighted by atomic mass is 19.3. The van der Waals surface area contributed by atoms with Crippen LogP contribution in [-0.4, -0.2) is 134 Å². The summed E-state index contributed by atoms with van der Waals surface area (Å²) in [6.45, 7) is 5.20. The van der Waals surface area contributed by atoms with Gasteiger partial charge in [0.15, 0.2) is 11.3 Å². The number of benzene rings is 2. The van der Waals surface area contributed by atoms with Gasteiger partial charge in [0.05, 0.1) is 47.8 Å². The average Bonchev–Trinajstić information content (AvgIpc) is 4.18. The number of hydrogen-bond acceptors (Lipinski definition) is 13. The minimum atomic E-state index is -2.87. The summed E-state index contributed by atoms with van der Waals surface area (Å²) in [5.74, 6) is -1.54. The Bertz CT molecular complexity index is 2750. The molecular weight excluding hydrogens is 879 g/mol. The Kier molecular flexibility index (Phi) is 12.5. The Morgan fingerprint density at radius 2 is 1.71 bits per heavy atom. The second-order valence-electron chi connectivity index (χ2n) is 18.8. The molecule has 4 aliphatic heterocycles. The molecule has 4 fully saturated rings. The number of amides is 5. The van der Waals surface area contributed by atoms with Crippen molar-refractivity contribution in [2.24, 2.45) is 5.92 Å². The van der Waals surface area contributed by atoms with Crippen molar-refractivity contribution >= 4 is 52.4 Å². The smallest absolute Gasteiger partial charge is 0.284 e. The topological polar surface area (TPSA) is 192 Å². The van der Waals surface area contributed by atoms with Crippen LogP contribution in [0.2, 0.25) is 0 Å². The van der Waals surface area contributed by atoms with Gasteiger partial charge < -0.3 is 30.1 Å². The van der Waals surface area contributed by atoms with Crippen molar-refractivity contribution in [3.8, 4) is 0 Å². The van der Waals surface area contributed by atoms with E-state index in [1.54, 1.807) is 29.1 Å². The van der Waals surface area contributed by atoms with Gasteiger partial charge in [-0.2, -0.15) is 10.2 Å². The molecular formula is C48H54F2N12O6. The van der Waals surface area contributed by atoms with Crippen molar-refractivity contribution in [1.82, 2.24) is 44.4 Å². The third-order valence-electron chi connectivity index (χ3n) is 14.1. The molecule has 5 aliphatic rings. The molecule has 5 aromatic rings. The van der Waals surface area contributed by atoms with E-state index in [0.717, 1.165) is 86.7 Å². The summed E-state index contributed by atoms with van der Waals surface area (Å²) >= 11 is 0.